The van der Waals surface area contributed by atoms with Gasteiger partial charge in [-0.1, -0.05) is 18.2 Å². The summed E-state index contributed by atoms with van der Waals surface area (Å²) in [7, 11) is 1.60. The quantitative estimate of drug-likeness (QED) is 0.611. The molecular weight excluding hydrogens is 448 g/mol. The molecule has 184 valence electrons. The Morgan fingerprint density at radius 1 is 1.06 bits per heavy atom. The van der Waals surface area contributed by atoms with Gasteiger partial charge in [-0.15, -0.1) is 0 Å². The van der Waals surface area contributed by atoms with Gasteiger partial charge in [-0.25, -0.2) is 4.79 Å². The van der Waals surface area contributed by atoms with E-state index in [1.165, 1.54) is 4.90 Å². The van der Waals surface area contributed by atoms with Crippen LogP contribution in [0, 0.1) is 5.92 Å². The van der Waals surface area contributed by atoms with E-state index in [9.17, 15) is 19.2 Å². The van der Waals surface area contributed by atoms with Gasteiger partial charge in [0.2, 0.25) is 5.91 Å². The lowest BCUT2D eigenvalue weighted by molar-refractivity contribution is -0.134. The highest BCUT2D eigenvalue weighted by molar-refractivity contribution is 6.04. The van der Waals surface area contributed by atoms with Gasteiger partial charge < -0.3 is 19.5 Å². The summed E-state index contributed by atoms with van der Waals surface area (Å²) in [6.07, 6.45) is 2.01. The monoisotopic (exact) mass is 478 g/mol. The van der Waals surface area contributed by atoms with Crippen molar-refractivity contribution < 1.29 is 19.1 Å². The summed E-state index contributed by atoms with van der Waals surface area (Å²) in [6, 6.07) is 11.8. The van der Waals surface area contributed by atoms with Crippen molar-refractivity contribution in [3.63, 3.8) is 0 Å². The zero-order valence-corrected chi connectivity index (χ0v) is 19.8. The number of hydrogen-bond donors (Lipinski definition) is 1. The first-order valence-electron chi connectivity index (χ1n) is 12.1. The molecule has 35 heavy (non-hydrogen) atoms. The number of rotatable bonds is 7. The number of carbonyl (C=O) groups excluding carboxylic acids is 3. The predicted molar refractivity (Wildman–Crippen MR) is 128 cm³/mol. The molecule has 1 N–H and O–H groups in total. The number of likely N-dealkylation sites (tertiary alicyclic amines) is 1. The average Bonchev–Trinajstić information content (AvgIpc) is 3.14. The first kappa shape index (κ1) is 23.1. The number of amides is 4. The van der Waals surface area contributed by atoms with Crippen LogP contribution < -0.4 is 15.6 Å². The second-order valence-corrected chi connectivity index (χ2v) is 9.63. The van der Waals surface area contributed by atoms with E-state index in [0.717, 1.165) is 23.4 Å². The number of ether oxygens (including phenoxy) is 1. The maximum Gasteiger partial charge on any atom is 0.324 e. The first-order valence-corrected chi connectivity index (χ1v) is 12.1. The molecule has 4 amide bonds. The molecule has 0 unspecified atom stereocenters. The lowest BCUT2D eigenvalue weighted by atomic mass is 9.83. The van der Waals surface area contributed by atoms with E-state index < -0.39 is 12.1 Å². The van der Waals surface area contributed by atoms with Crippen LogP contribution in [0.5, 0.6) is 5.75 Å². The van der Waals surface area contributed by atoms with Crippen LogP contribution in [0.1, 0.15) is 36.4 Å². The number of pyridine rings is 1. The Kier molecular flexibility index (Phi) is 6.32. The lowest BCUT2D eigenvalue weighted by Crippen LogP contribution is -2.49. The fourth-order valence-electron chi connectivity index (χ4n) is 5.54. The minimum absolute atomic E-state index is 0.00911. The van der Waals surface area contributed by atoms with Crippen molar-refractivity contribution >= 4 is 17.8 Å². The molecule has 4 heterocycles. The topological polar surface area (TPSA) is 101 Å². The highest BCUT2D eigenvalue weighted by Crippen LogP contribution is 2.35. The molecule has 1 aromatic heterocycles. The van der Waals surface area contributed by atoms with Crippen molar-refractivity contribution in [2.24, 2.45) is 5.92 Å². The second-order valence-electron chi connectivity index (χ2n) is 9.63. The number of hydrogen-bond acceptors (Lipinski definition) is 5. The number of urea groups is 1. The van der Waals surface area contributed by atoms with Crippen LogP contribution in [0.25, 0.3) is 0 Å². The Morgan fingerprint density at radius 3 is 2.63 bits per heavy atom. The molecule has 0 aliphatic carbocycles. The summed E-state index contributed by atoms with van der Waals surface area (Å²) < 4.78 is 6.99. The molecular formula is C26H30N4O5. The molecule has 0 spiro atoms. The molecule has 3 aliphatic heterocycles. The van der Waals surface area contributed by atoms with Crippen molar-refractivity contribution in [1.82, 2.24) is 19.7 Å². The number of benzene rings is 1. The predicted octanol–water partition coefficient (Wildman–Crippen LogP) is 1.75. The molecule has 0 radical (unpaired) electrons. The molecule has 2 aromatic rings. The Labute approximate surface area is 203 Å². The third-order valence-corrected chi connectivity index (χ3v) is 7.37. The number of aromatic nitrogens is 1. The number of imide groups is 1. The Hall–Kier alpha value is -3.62. The molecule has 5 rings (SSSR count). The first-order chi connectivity index (χ1) is 16.9. The summed E-state index contributed by atoms with van der Waals surface area (Å²) in [6.45, 7) is 2.12. The largest absolute Gasteiger partial charge is 0.497 e. The Bertz CT molecular complexity index is 1190. The van der Waals surface area contributed by atoms with Gasteiger partial charge in [0.15, 0.2) is 0 Å². The highest BCUT2D eigenvalue weighted by Gasteiger charge is 2.39. The lowest BCUT2D eigenvalue weighted by Gasteiger charge is -2.42. The standard InChI is InChI=1S/C26H30N4O5/c1-35-20-7-5-17(6-8-20)11-12-29-25(33)21(27-26(29)34)9-10-23(31)28-14-18-13-19(16-28)22-3-2-4-24(32)30(22)15-18/h2-8,18-19,21H,9-16H2,1H3,(H,27,34)/t18-,19+,21+/m1/s1. The van der Waals surface area contributed by atoms with Gasteiger partial charge in [-0.3, -0.25) is 19.3 Å². The van der Waals surface area contributed by atoms with E-state index in [1.54, 1.807) is 19.2 Å². The average molecular weight is 479 g/mol. The molecule has 9 heteroatoms. The Morgan fingerprint density at radius 2 is 1.86 bits per heavy atom. The van der Waals surface area contributed by atoms with Crippen molar-refractivity contribution in [2.75, 3.05) is 26.7 Å². The fourth-order valence-corrected chi connectivity index (χ4v) is 5.54. The zero-order chi connectivity index (χ0) is 24.5. The fraction of sp³-hybridized carbons (Fsp3) is 0.462. The smallest absolute Gasteiger partial charge is 0.324 e. The van der Waals surface area contributed by atoms with E-state index in [1.807, 2.05) is 39.8 Å². The van der Waals surface area contributed by atoms with Crippen LogP contribution in [0.2, 0.25) is 0 Å². The van der Waals surface area contributed by atoms with Crippen molar-refractivity contribution in [1.29, 1.82) is 0 Å². The molecule has 3 aliphatic rings. The number of fused-ring (bicyclic) bond motifs is 4. The summed E-state index contributed by atoms with van der Waals surface area (Å²) in [5.74, 6) is 0.877. The van der Waals surface area contributed by atoms with Gasteiger partial charge in [0.1, 0.15) is 11.8 Å². The SMILES string of the molecule is COc1ccc(CCN2C(=O)N[C@@H](CCC(=O)N3C[C@H]4C[C@@H](C3)c3cccc(=O)n3C4)C2=O)cc1. The number of piperidine rings is 1. The molecule has 0 saturated carbocycles. The highest BCUT2D eigenvalue weighted by atomic mass is 16.5. The second kappa shape index (κ2) is 9.56. The van der Waals surface area contributed by atoms with E-state index in [0.29, 0.717) is 26.1 Å². The molecule has 2 fully saturated rings. The van der Waals surface area contributed by atoms with Crippen molar-refractivity contribution in [2.45, 2.75) is 44.2 Å². The number of nitrogens with zero attached hydrogens (tertiary/aromatic N) is 3. The Balaban J connectivity index is 1.14. The molecule has 9 nitrogen and oxygen atoms in total. The molecule has 1 aromatic carbocycles. The summed E-state index contributed by atoms with van der Waals surface area (Å²) >= 11 is 0. The molecule has 2 bridgehead atoms. The van der Waals surface area contributed by atoms with E-state index >= 15 is 0 Å². The third kappa shape index (κ3) is 4.67. The van der Waals surface area contributed by atoms with Crippen LogP contribution >= 0.6 is 0 Å². The minimum atomic E-state index is -0.675. The van der Waals surface area contributed by atoms with Crippen molar-refractivity contribution in [3.8, 4) is 5.75 Å². The molecule has 3 atom stereocenters. The van der Waals surface area contributed by atoms with Gasteiger partial charge in [0.05, 0.1) is 7.11 Å². The van der Waals surface area contributed by atoms with Crippen LogP contribution in [0.15, 0.2) is 47.3 Å². The van der Waals surface area contributed by atoms with Crippen LogP contribution in [0.4, 0.5) is 4.79 Å². The number of carbonyl (C=O) groups is 3. The summed E-state index contributed by atoms with van der Waals surface area (Å²) in [5.41, 5.74) is 2.02. The third-order valence-electron chi connectivity index (χ3n) is 7.37. The normalized spacial score (nSPS) is 23.2. The maximum absolute atomic E-state index is 13.0. The van der Waals surface area contributed by atoms with Crippen molar-refractivity contribution in [3.05, 3.63) is 64.1 Å². The van der Waals surface area contributed by atoms with Crippen LogP contribution in [-0.2, 0) is 22.6 Å². The van der Waals surface area contributed by atoms with Gasteiger partial charge in [-0.05, 0) is 48.9 Å². The van der Waals surface area contributed by atoms with Gasteiger partial charge in [0.25, 0.3) is 11.5 Å². The summed E-state index contributed by atoms with van der Waals surface area (Å²) in [4.78, 5) is 53.5. The number of nitrogens with one attached hydrogen (secondary N) is 1. The van der Waals surface area contributed by atoms with Crippen LogP contribution in [0.3, 0.4) is 0 Å². The van der Waals surface area contributed by atoms with Gasteiger partial charge in [-0.2, -0.15) is 0 Å². The zero-order valence-electron chi connectivity index (χ0n) is 19.8. The van der Waals surface area contributed by atoms with Crippen LogP contribution in [-0.4, -0.2) is 65.0 Å². The maximum atomic E-state index is 13.0. The molecule has 2 saturated heterocycles. The van der Waals surface area contributed by atoms with E-state index in [-0.39, 0.29) is 48.6 Å². The van der Waals surface area contributed by atoms with Gasteiger partial charge in [0, 0.05) is 50.3 Å². The van der Waals surface area contributed by atoms with Gasteiger partial charge >= 0.3 is 6.03 Å². The summed E-state index contributed by atoms with van der Waals surface area (Å²) in [5, 5.41) is 2.73. The minimum Gasteiger partial charge on any atom is -0.497 e. The van der Waals surface area contributed by atoms with E-state index in [4.69, 9.17) is 4.74 Å². The number of methoxy groups -OCH3 is 1. The van der Waals surface area contributed by atoms with E-state index in [2.05, 4.69) is 5.32 Å².